The largest absolute Gasteiger partial charge is 0.741 e. The molecule has 1 aromatic rings. The van der Waals surface area contributed by atoms with Crippen LogP contribution in [-0.2, 0) is 10.1 Å². The minimum absolute atomic E-state index is 0.506. The van der Waals surface area contributed by atoms with Crippen molar-refractivity contribution in [3.8, 4) is 0 Å². The van der Waals surface area contributed by atoms with Gasteiger partial charge in [-0.05, 0) is 17.5 Å². The summed E-state index contributed by atoms with van der Waals surface area (Å²) in [5, 5.41) is 1.57. The Morgan fingerprint density at radius 3 is 1.96 bits per heavy atom. The van der Waals surface area contributed by atoms with Crippen molar-refractivity contribution in [1.29, 1.82) is 0 Å². The summed E-state index contributed by atoms with van der Waals surface area (Å²) in [5.74, 6) is 2.60. The Balaban J connectivity index is 0.000000359. The van der Waals surface area contributed by atoms with Gasteiger partial charge in [0.1, 0.15) is 11.8 Å². The molecular formula is C15H22F3O3PS4. The van der Waals surface area contributed by atoms with E-state index in [2.05, 4.69) is 92.0 Å². The maximum absolute atomic E-state index is 10.7. The van der Waals surface area contributed by atoms with Gasteiger partial charge in [-0.25, -0.2) is 8.42 Å². The predicted molar refractivity (Wildman–Crippen MR) is 111 cm³/mol. The van der Waals surface area contributed by atoms with Crippen LogP contribution in [0, 0.1) is 5.41 Å². The number of alkyl halides is 3. The number of hydrogen-bond acceptors (Lipinski definition) is 6. The second kappa shape index (κ2) is 9.27. The van der Waals surface area contributed by atoms with Crippen LogP contribution in [-0.4, -0.2) is 47.2 Å². The zero-order chi connectivity index (χ0) is 20.2. The molecule has 1 atom stereocenters. The summed E-state index contributed by atoms with van der Waals surface area (Å²) in [6, 6.07) is 11.1. The molecule has 1 heterocycles. The maximum atomic E-state index is 10.7. The summed E-state index contributed by atoms with van der Waals surface area (Å²) in [4.78, 5) is 0. The van der Waals surface area contributed by atoms with Crippen molar-refractivity contribution in [2.75, 3.05) is 24.4 Å². The van der Waals surface area contributed by atoms with Crippen LogP contribution in [0.25, 0.3) is 0 Å². The Labute approximate surface area is 166 Å². The van der Waals surface area contributed by atoms with E-state index in [1.54, 1.807) is 5.30 Å². The lowest BCUT2D eigenvalue weighted by atomic mass is 10.0. The van der Waals surface area contributed by atoms with Crippen molar-refractivity contribution in [1.82, 2.24) is 0 Å². The number of rotatable bonds is 3. The molecule has 1 aliphatic heterocycles. The van der Waals surface area contributed by atoms with Crippen LogP contribution in [0.3, 0.4) is 0 Å². The Kier molecular flexibility index (Phi) is 8.71. The van der Waals surface area contributed by atoms with Gasteiger partial charge in [0, 0.05) is 29.1 Å². The van der Waals surface area contributed by atoms with E-state index in [0.717, 1.165) is 4.32 Å². The third-order valence-corrected chi connectivity index (χ3v) is 18.1. The molecule has 0 bridgehead atoms. The van der Waals surface area contributed by atoms with Crippen molar-refractivity contribution >= 4 is 56.8 Å². The molecule has 0 spiro atoms. The molecule has 150 valence electrons. The Hall–Kier alpha value is 0.400. The van der Waals surface area contributed by atoms with Gasteiger partial charge in [-0.2, -0.15) is 13.2 Å². The molecule has 0 saturated carbocycles. The predicted octanol–water partition coefficient (Wildman–Crippen LogP) is 5.08. The summed E-state index contributed by atoms with van der Waals surface area (Å²) in [7, 11) is -6.09. The molecule has 1 saturated heterocycles. The van der Waals surface area contributed by atoms with E-state index in [-0.39, 0.29) is 0 Å². The van der Waals surface area contributed by atoms with E-state index < -0.39 is 22.1 Å². The highest BCUT2D eigenvalue weighted by Crippen LogP contribution is 2.75. The molecule has 0 amide bonds. The van der Waals surface area contributed by atoms with E-state index >= 15 is 0 Å². The van der Waals surface area contributed by atoms with Gasteiger partial charge < -0.3 is 4.55 Å². The first-order valence-corrected chi connectivity index (χ1v) is 15.1. The fourth-order valence-corrected chi connectivity index (χ4v) is 13.3. The van der Waals surface area contributed by atoms with Gasteiger partial charge in [0.15, 0.2) is 14.4 Å². The van der Waals surface area contributed by atoms with Crippen LogP contribution < -0.4 is 5.30 Å². The summed E-state index contributed by atoms with van der Waals surface area (Å²) < 4.78 is 59.7. The van der Waals surface area contributed by atoms with Gasteiger partial charge in [0.05, 0.1) is 6.66 Å². The minimum atomic E-state index is -6.09. The van der Waals surface area contributed by atoms with Gasteiger partial charge in [-0.1, -0.05) is 32.0 Å². The first-order valence-electron chi connectivity index (χ1n) is 7.46. The van der Waals surface area contributed by atoms with E-state index in [0.29, 0.717) is 5.41 Å². The minimum Gasteiger partial charge on any atom is -0.741 e. The second-order valence-corrected chi connectivity index (χ2v) is 17.8. The van der Waals surface area contributed by atoms with Gasteiger partial charge >= 0.3 is 5.51 Å². The molecule has 26 heavy (non-hydrogen) atoms. The zero-order valence-corrected chi connectivity index (χ0v) is 19.0. The normalized spacial score (nSPS) is 20.6. The highest BCUT2D eigenvalue weighted by atomic mass is 32.7. The highest BCUT2D eigenvalue weighted by molar-refractivity contribution is 8.68. The quantitative estimate of drug-likeness (QED) is 0.352. The smallest absolute Gasteiger partial charge is 0.485 e. The number of halogens is 3. The van der Waals surface area contributed by atoms with Crippen LogP contribution in [0.15, 0.2) is 30.3 Å². The maximum Gasteiger partial charge on any atom is 0.485 e. The van der Waals surface area contributed by atoms with Crippen LogP contribution in [0.4, 0.5) is 13.2 Å². The van der Waals surface area contributed by atoms with Gasteiger partial charge in [-0.15, -0.1) is 23.5 Å². The molecular weight excluding hydrogens is 444 g/mol. The SMILES string of the molecule is CS[P+](C)(c1ccccc1)C1SCC(C)(C)CS1.O=S(=O)([O-])C(F)(F)F. The van der Waals surface area contributed by atoms with E-state index in [1.165, 1.54) is 11.5 Å². The Morgan fingerprint density at radius 2 is 1.62 bits per heavy atom. The molecule has 3 nitrogen and oxygen atoms in total. The average molecular weight is 467 g/mol. The highest BCUT2D eigenvalue weighted by Gasteiger charge is 2.47. The third-order valence-electron chi connectivity index (χ3n) is 3.57. The third kappa shape index (κ3) is 6.78. The first kappa shape index (κ1) is 24.4. The van der Waals surface area contributed by atoms with Crippen molar-refractivity contribution in [2.45, 2.75) is 23.7 Å². The summed E-state index contributed by atoms with van der Waals surface area (Å²) >= 11 is 6.48. The molecule has 1 unspecified atom stereocenters. The fourth-order valence-electron chi connectivity index (χ4n) is 2.01. The van der Waals surface area contributed by atoms with Crippen LogP contribution in [0.2, 0.25) is 0 Å². The lowest BCUT2D eigenvalue weighted by Gasteiger charge is -2.37. The van der Waals surface area contributed by atoms with Gasteiger partial charge in [-0.3, -0.25) is 0 Å². The van der Waals surface area contributed by atoms with E-state index in [4.69, 9.17) is 13.0 Å². The molecule has 0 N–H and O–H groups in total. The summed E-state index contributed by atoms with van der Waals surface area (Å²) in [6.07, 6.45) is 2.29. The van der Waals surface area contributed by atoms with Crippen molar-refractivity contribution < 1.29 is 26.1 Å². The standard InChI is InChI=1S/C14H22PS3.CHF3O3S/c1-14(2)10-17-13(18-11-14)15(3,16-4)12-8-6-5-7-9-12;2-1(3,4)8(5,6)7/h5-9,13H,10-11H2,1-4H3;(H,5,6,7)/q+1;/p-1. The molecule has 1 aliphatic rings. The van der Waals surface area contributed by atoms with Gasteiger partial charge in [0.25, 0.3) is 0 Å². The number of thioether (sulfide) groups is 2. The molecule has 1 aromatic carbocycles. The van der Waals surface area contributed by atoms with E-state index in [1.807, 2.05) is 0 Å². The zero-order valence-electron chi connectivity index (χ0n) is 14.8. The Morgan fingerprint density at radius 1 is 1.19 bits per heavy atom. The Bertz CT molecular complexity index is 673. The summed E-state index contributed by atoms with van der Waals surface area (Å²) in [5.41, 5.74) is -5.14. The number of hydrogen-bond donors (Lipinski definition) is 0. The fraction of sp³-hybridized carbons (Fsp3) is 0.600. The van der Waals surface area contributed by atoms with Crippen LogP contribution in [0.1, 0.15) is 13.8 Å². The average Bonchev–Trinajstić information content (AvgIpc) is 2.53. The van der Waals surface area contributed by atoms with Crippen molar-refractivity contribution in [2.24, 2.45) is 5.41 Å². The summed E-state index contributed by atoms with van der Waals surface area (Å²) in [6.45, 7) is 6.20. The van der Waals surface area contributed by atoms with Crippen LogP contribution >= 0.6 is 41.4 Å². The van der Waals surface area contributed by atoms with Gasteiger partial charge in [0.2, 0.25) is 0 Å². The first-order chi connectivity index (χ1) is 11.7. The van der Waals surface area contributed by atoms with E-state index in [9.17, 15) is 13.2 Å². The lowest BCUT2D eigenvalue weighted by Crippen LogP contribution is -2.28. The lowest BCUT2D eigenvalue weighted by molar-refractivity contribution is -0.0517. The van der Waals surface area contributed by atoms with Crippen molar-refractivity contribution in [3.63, 3.8) is 0 Å². The monoisotopic (exact) mass is 466 g/mol. The molecule has 11 heteroatoms. The van der Waals surface area contributed by atoms with Crippen molar-refractivity contribution in [3.05, 3.63) is 30.3 Å². The topological polar surface area (TPSA) is 57.2 Å². The molecule has 2 rings (SSSR count). The van der Waals surface area contributed by atoms with Crippen LogP contribution in [0.5, 0.6) is 0 Å². The molecule has 1 fully saturated rings. The molecule has 0 radical (unpaired) electrons. The molecule has 0 aliphatic carbocycles. The second-order valence-electron chi connectivity index (χ2n) is 6.50. The molecule has 0 aromatic heterocycles. The number of benzene rings is 1.